The molecule has 6 rings (SSSR count). The van der Waals surface area contributed by atoms with Gasteiger partial charge in [-0.15, -0.1) is 0 Å². The van der Waals surface area contributed by atoms with Crippen LogP contribution in [0.4, 0.5) is 4.39 Å². The van der Waals surface area contributed by atoms with E-state index < -0.39 is 10.0 Å². The summed E-state index contributed by atoms with van der Waals surface area (Å²) in [7, 11) is -3.60. The zero-order valence-corrected chi connectivity index (χ0v) is 20.8. The van der Waals surface area contributed by atoms with Crippen LogP contribution >= 0.6 is 0 Å². The van der Waals surface area contributed by atoms with Crippen molar-refractivity contribution in [2.75, 3.05) is 26.2 Å². The Morgan fingerprint density at radius 1 is 1.00 bits per heavy atom. The molecule has 0 bridgehead atoms. The van der Waals surface area contributed by atoms with E-state index in [-0.39, 0.29) is 17.8 Å². The van der Waals surface area contributed by atoms with Gasteiger partial charge < -0.3 is 9.42 Å². The number of hydrogen-bond donors (Lipinski definition) is 0. The summed E-state index contributed by atoms with van der Waals surface area (Å²) < 4.78 is 47.9. The highest BCUT2D eigenvalue weighted by molar-refractivity contribution is 7.89. The molecule has 2 aromatic carbocycles. The Bertz CT molecular complexity index is 1490. The Morgan fingerprint density at radius 2 is 1.86 bits per heavy atom. The van der Waals surface area contributed by atoms with Crippen molar-refractivity contribution in [2.24, 2.45) is 0 Å². The number of pyridine rings is 1. The van der Waals surface area contributed by atoms with Crippen LogP contribution in [0.3, 0.4) is 0 Å². The summed E-state index contributed by atoms with van der Waals surface area (Å²) in [5.74, 6) is -0.0311. The first-order valence-electron chi connectivity index (χ1n) is 12.6. The normalized spacial score (nSPS) is 20.5. The molecule has 0 spiro atoms. The number of sulfonamides is 1. The number of halogens is 1. The number of likely N-dealkylation sites (tertiary alicyclic amines) is 1. The molecule has 2 aliphatic rings. The Morgan fingerprint density at radius 3 is 2.72 bits per heavy atom. The maximum atomic E-state index is 13.7. The molecule has 36 heavy (non-hydrogen) atoms. The van der Waals surface area contributed by atoms with Crippen molar-refractivity contribution in [3.8, 4) is 0 Å². The maximum absolute atomic E-state index is 13.7. The van der Waals surface area contributed by atoms with Crippen LogP contribution in [-0.2, 0) is 10.0 Å². The minimum Gasteiger partial charge on any atom is -0.356 e. The van der Waals surface area contributed by atoms with Crippen LogP contribution in [0.15, 0.2) is 64.1 Å². The lowest BCUT2D eigenvalue weighted by Crippen LogP contribution is -2.40. The van der Waals surface area contributed by atoms with Gasteiger partial charge in [0, 0.05) is 41.5 Å². The summed E-state index contributed by atoms with van der Waals surface area (Å²) >= 11 is 0. The molecule has 4 aromatic rings. The van der Waals surface area contributed by atoms with Crippen LogP contribution in [0.1, 0.15) is 43.7 Å². The summed E-state index contributed by atoms with van der Waals surface area (Å²) in [6.07, 6.45) is 6.18. The predicted octanol–water partition coefficient (Wildman–Crippen LogP) is 4.94. The van der Waals surface area contributed by atoms with Gasteiger partial charge in [0.25, 0.3) is 0 Å². The second-order valence-corrected chi connectivity index (χ2v) is 11.7. The van der Waals surface area contributed by atoms with E-state index in [0.717, 1.165) is 62.8 Å². The van der Waals surface area contributed by atoms with E-state index in [1.54, 1.807) is 34.8 Å². The molecular weight excluding hydrogens is 479 g/mol. The van der Waals surface area contributed by atoms with E-state index in [1.807, 2.05) is 12.1 Å². The number of fused-ring (bicyclic) bond motifs is 2. The smallest absolute Gasteiger partial charge is 0.243 e. The third-order valence-corrected chi connectivity index (χ3v) is 9.74. The summed E-state index contributed by atoms with van der Waals surface area (Å²) in [5.41, 5.74) is 2.11. The second-order valence-electron chi connectivity index (χ2n) is 9.85. The van der Waals surface area contributed by atoms with Gasteiger partial charge in [0.15, 0.2) is 5.58 Å². The highest BCUT2D eigenvalue weighted by Gasteiger charge is 2.36. The minimum atomic E-state index is -3.60. The molecule has 0 amide bonds. The lowest BCUT2D eigenvalue weighted by molar-refractivity contribution is 0.193. The average Bonchev–Trinajstić information content (AvgIpc) is 3.55. The molecule has 2 aliphatic heterocycles. The van der Waals surface area contributed by atoms with Crippen LogP contribution in [0, 0.1) is 5.82 Å². The van der Waals surface area contributed by atoms with Crippen molar-refractivity contribution in [3.63, 3.8) is 0 Å². The summed E-state index contributed by atoms with van der Waals surface area (Å²) in [6, 6.07) is 13.5. The fourth-order valence-corrected chi connectivity index (χ4v) is 7.75. The van der Waals surface area contributed by atoms with Crippen molar-refractivity contribution in [3.05, 3.63) is 66.2 Å². The monoisotopic (exact) mass is 508 g/mol. The van der Waals surface area contributed by atoms with Gasteiger partial charge in [0.2, 0.25) is 10.0 Å². The van der Waals surface area contributed by atoms with Gasteiger partial charge in [-0.3, -0.25) is 4.98 Å². The Hall–Kier alpha value is -2.88. The number of piperidine rings is 1. The zero-order valence-electron chi connectivity index (χ0n) is 20.0. The van der Waals surface area contributed by atoms with Gasteiger partial charge in [0.1, 0.15) is 5.82 Å². The van der Waals surface area contributed by atoms with E-state index in [1.165, 1.54) is 12.1 Å². The van der Waals surface area contributed by atoms with Crippen LogP contribution < -0.4 is 0 Å². The van der Waals surface area contributed by atoms with E-state index >= 15 is 0 Å². The summed E-state index contributed by atoms with van der Waals surface area (Å²) in [5, 5.41) is 5.81. The average molecular weight is 509 g/mol. The number of benzene rings is 2. The highest BCUT2D eigenvalue weighted by Crippen LogP contribution is 2.34. The topological polar surface area (TPSA) is 79.5 Å². The standard InChI is InChI=1S/C27H29FN4O3S/c28-20-8-9-23-25(18-20)35-30-27(23)19-10-15-31(16-11-19)17-12-21-4-3-14-32(21)36(33,34)26-7-1-6-24-22(26)5-2-13-29-24/h1-2,5-9,13,18-19,21H,3-4,10-12,14-17H2/t21-/m1/s1. The number of rotatable bonds is 6. The molecule has 9 heteroatoms. The third kappa shape index (κ3) is 4.29. The van der Waals surface area contributed by atoms with Crippen molar-refractivity contribution in [1.29, 1.82) is 0 Å². The molecule has 188 valence electrons. The van der Waals surface area contributed by atoms with Crippen LogP contribution in [-0.4, -0.2) is 60.0 Å². The molecule has 2 fully saturated rings. The molecule has 0 N–H and O–H groups in total. The van der Waals surface area contributed by atoms with E-state index in [9.17, 15) is 12.8 Å². The van der Waals surface area contributed by atoms with E-state index in [0.29, 0.717) is 27.9 Å². The Labute approximate surface area is 209 Å². The van der Waals surface area contributed by atoms with Gasteiger partial charge in [-0.25, -0.2) is 12.8 Å². The third-order valence-electron chi connectivity index (χ3n) is 7.73. The molecule has 0 saturated carbocycles. The van der Waals surface area contributed by atoms with Gasteiger partial charge in [-0.05, 0) is 88.1 Å². The first-order valence-corrected chi connectivity index (χ1v) is 14.1. The molecule has 2 aromatic heterocycles. The second kappa shape index (κ2) is 9.53. The van der Waals surface area contributed by atoms with Crippen LogP contribution in [0.25, 0.3) is 21.9 Å². The molecule has 2 saturated heterocycles. The van der Waals surface area contributed by atoms with Crippen LogP contribution in [0.2, 0.25) is 0 Å². The van der Waals surface area contributed by atoms with Crippen molar-refractivity contribution in [2.45, 2.75) is 49.0 Å². The van der Waals surface area contributed by atoms with Gasteiger partial charge in [-0.1, -0.05) is 11.2 Å². The Balaban J connectivity index is 1.10. The highest BCUT2D eigenvalue weighted by atomic mass is 32.2. The minimum absolute atomic E-state index is 0.00836. The zero-order chi connectivity index (χ0) is 24.7. The predicted molar refractivity (Wildman–Crippen MR) is 136 cm³/mol. The first kappa shape index (κ1) is 23.5. The maximum Gasteiger partial charge on any atom is 0.243 e. The molecule has 1 atom stereocenters. The van der Waals surface area contributed by atoms with Gasteiger partial charge >= 0.3 is 0 Å². The molecule has 7 nitrogen and oxygen atoms in total. The number of aromatic nitrogens is 2. The molecule has 0 aliphatic carbocycles. The van der Waals surface area contributed by atoms with Crippen molar-refractivity contribution >= 4 is 31.9 Å². The largest absolute Gasteiger partial charge is 0.356 e. The lowest BCUT2D eigenvalue weighted by atomic mass is 9.91. The quantitative estimate of drug-likeness (QED) is 0.367. The van der Waals surface area contributed by atoms with E-state index in [2.05, 4.69) is 15.0 Å². The van der Waals surface area contributed by atoms with Crippen molar-refractivity contribution in [1.82, 2.24) is 19.3 Å². The molecule has 4 heterocycles. The van der Waals surface area contributed by atoms with Crippen LogP contribution in [0.5, 0.6) is 0 Å². The SMILES string of the molecule is O=S(=O)(c1cccc2ncccc12)N1CCC[C@@H]1CCN1CCC(c2noc3cc(F)ccc23)CC1. The van der Waals surface area contributed by atoms with Gasteiger partial charge in [0.05, 0.1) is 16.1 Å². The molecule has 0 unspecified atom stereocenters. The molecular formula is C27H29FN4O3S. The molecule has 0 radical (unpaired) electrons. The lowest BCUT2D eigenvalue weighted by Gasteiger charge is -2.33. The fourth-order valence-electron chi connectivity index (χ4n) is 5.83. The van der Waals surface area contributed by atoms with Gasteiger partial charge in [-0.2, -0.15) is 4.31 Å². The Kier molecular flexibility index (Phi) is 6.23. The number of nitrogens with zero attached hydrogens (tertiary/aromatic N) is 4. The van der Waals surface area contributed by atoms with E-state index in [4.69, 9.17) is 4.52 Å². The number of hydrogen-bond acceptors (Lipinski definition) is 6. The summed E-state index contributed by atoms with van der Waals surface area (Å²) in [4.78, 5) is 7.09. The summed E-state index contributed by atoms with van der Waals surface area (Å²) in [6.45, 7) is 3.28. The fraction of sp³-hybridized carbons (Fsp3) is 0.407. The van der Waals surface area contributed by atoms with Crippen molar-refractivity contribution < 1.29 is 17.3 Å². The first-order chi connectivity index (χ1) is 17.5.